The van der Waals surface area contributed by atoms with Crippen molar-refractivity contribution in [2.45, 2.75) is 35.4 Å². The summed E-state index contributed by atoms with van der Waals surface area (Å²) in [7, 11) is 0. The quantitative estimate of drug-likeness (QED) is 0.876. The van der Waals surface area contributed by atoms with Gasteiger partial charge in [-0.25, -0.2) is 0 Å². The van der Waals surface area contributed by atoms with Crippen molar-refractivity contribution in [3.8, 4) is 0 Å². The summed E-state index contributed by atoms with van der Waals surface area (Å²) < 4.78 is 5.26. The van der Waals surface area contributed by atoms with E-state index in [0.29, 0.717) is 17.5 Å². The molecule has 1 saturated carbocycles. The van der Waals surface area contributed by atoms with Crippen molar-refractivity contribution in [2.24, 2.45) is 5.73 Å². The van der Waals surface area contributed by atoms with E-state index in [1.165, 1.54) is 0 Å². The van der Waals surface area contributed by atoms with E-state index in [4.69, 9.17) is 21.9 Å². The van der Waals surface area contributed by atoms with Crippen molar-refractivity contribution in [1.82, 2.24) is 10.1 Å². The van der Waals surface area contributed by atoms with Crippen LogP contribution < -0.4 is 5.73 Å². The van der Waals surface area contributed by atoms with Crippen molar-refractivity contribution in [3.63, 3.8) is 0 Å². The Labute approximate surface area is 120 Å². The van der Waals surface area contributed by atoms with Gasteiger partial charge in [-0.15, -0.1) is 11.8 Å². The summed E-state index contributed by atoms with van der Waals surface area (Å²) in [5.74, 6) is 1.86. The van der Waals surface area contributed by atoms with Crippen molar-refractivity contribution in [3.05, 3.63) is 41.0 Å². The zero-order chi connectivity index (χ0) is 13.3. The second-order valence-electron chi connectivity index (χ2n) is 4.74. The van der Waals surface area contributed by atoms with Crippen LogP contribution in [0.5, 0.6) is 0 Å². The average Bonchev–Trinajstić information content (AvgIpc) is 2.84. The minimum absolute atomic E-state index is 0.389. The van der Waals surface area contributed by atoms with Crippen molar-refractivity contribution < 1.29 is 4.52 Å². The first-order valence-corrected chi connectivity index (χ1v) is 7.53. The topological polar surface area (TPSA) is 64.9 Å². The fraction of sp³-hybridized carbons (Fsp3) is 0.385. The monoisotopic (exact) mass is 295 g/mol. The maximum absolute atomic E-state index is 6.14. The van der Waals surface area contributed by atoms with Crippen LogP contribution in [0.3, 0.4) is 0 Å². The van der Waals surface area contributed by atoms with Gasteiger partial charge in [0.25, 0.3) is 0 Å². The molecule has 0 amide bonds. The van der Waals surface area contributed by atoms with Gasteiger partial charge in [-0.3, -0.25) is 0 Å². The van der Waals surface area contributed by atoms with Crippen LogP contribution in [-0.4, -0.2) is 10.1 Å². The highest BCUT2D eigenvalue weighted by Gasteiger charge is 2.39. The van der Waals surface area contributed by atoms with E-state index < -0.39 is 0 Å². The number of halogens is 1. The predicted molar refractivity (Wildman–Crippen MR) is 75.0 cm³/mol. The van der Waals surface area contributed by atoms with Gasteiger partial charge in [-0.1, -0.05) is 28.9 Å². The Morgan fingerprint density at radius 3 is 2.84 bits per heavy atom. The Morgan fingerprint density at radius 1 is 1.37 bits per heavy atom. The molecule has 3 rings (SSSR count). The number of nitrogens with two attached hydrogens (primary N) is 1. The van der Waals surface area contributed by atoms with Crippen LogP contribution in [0.2, 0.25) is 5.02 Å². The standard InChI is InChI=1S/C13H14ClN3OS/c14-9-4-1-2-5-10(9)19-8-11-16-12(18-17-11)13(15)6-3-7-13/h1-2,4-5H,3,6-8,15H2. The summed E-state index contributed by atoms with van der Waals surface area (Å²) in [6.07, 6.45) is 2.97. The van der Waals surface area contributed by atoms with Gasteiger partial charge in [0.1, 0.15) is 0 Å². The molecule has 6 heteroatoms. The van der Waals surface area contributed by atoms with E-state index in [-0.39, 0.29) is 5.54 Å². The SMILES string of the molecule is NC1(c2nc(CSc3ccccc3Cl)no2)CCC1. The van der Waals surface area contributed by atoms with Crippen molar-refractivity contribution in [1.29, 1.82) is 0 Å². The van der Waals surface area contributed by atoms with E-state index in [1.54, 1.807) is 11.8 Å². The molecule has 2 aromatic rings. The molecule has 1 aliphatic carbocycles. The number of benzene rings is 1. The molecule has 0 atom stereocenters. The number of thioether (sulfide) groups is 1. The molecular formula is C13H14ClN3OS. The van der Waals surface area contributed by atoms with Crippen LogP contribution in [0.15, 0.2) is 33.7 Å². The smallest absolute Gasteiger partial charge is 0.246 e. The number of rotatable bonds is 4. The average molecular weight is 296 g/mol. The van der Waals surface area contributed by atoms with Crippen LogP contribution in [-0.2, 0) is 11.3 Å². The minimum atomic E-state index is -0.389. The van der Waals surface area contributed by atoms with Crippen LogP contribution in [0.1, 0.15) is 31.0 Å². The molecule has 0 spiro atoms. The summed E-state index contributed by atoms with van der Waals surface area (Å²) in [5, 5.41) is 4.72. The van der Waals surface area contributed by atoms with Gasteiger partial charge < -0.3 is 10.3 Å². The van der Waals surface area contributed by atoms with Gasteiger partial charge in [-0.05, 0) is 31.4 Å². The second-order valence-corrected chi connectivity index (χ2v) is 6.17. The second kappa shape index (κ2) is 5.15. The zero-order valence-corrected chi connectivity index (χ0v) is 11.9. The third-order valence-corrected chi connectivity index (χ3v) is 4.84. The third kappa shape index (κ3) is 2.63. The highest BCUT2D eigenvalue weighted by Crippen LogP contribution is 2.38. The fourth-order valence-corrected chi connectivity index (χ4v) is 3.07. The number of hydrogen-bond donors (Lipinski definition) is 1. The summed E-state index contributed by atoms with van der Waals surface area (Å²) in [6.45, 7) is 0. The van der Waals surface area contributed by atoms with E-state index in [0.717, 1.165) is 29.2 Å². The highest BCUT2D eigenvalue weighted by atomic mass is 35.5. The van der Waals surface area contributed by atoms with Gasteiger partial charge in [-0.2, -0.15) is 4.98 Å². The Hall–Kier alpha value is -1.04. The number of aromatic nitrogens is 2. The first-order valence-electron chi connectivity index (χ1n) is 6.17. The molecule has 2 N–H and O–H groups in total. The van der Waals surface area contributed by atoms with Crippen molar-refractivity contribution >= 4 is 23.4 Å². The lowest BCUT2D eigenvalue weighted by molar-refractivity contribution is 0.181. The van der Waals surface area contributed by atoms with Gasteiger partial charge in [0.05, 0.1) is 16.3 Å². The van der Waals surface area contributed by atoms with Gasteiger partial charge in [0, 0.05) is 4.90 Å². The molecule has 1 aromatic heterocycles. The first kappa shape index (κ1) is 13.0. The molecule has 0 unspecified atom stereocenters. The molecule has 0 aliphatic heterocycles. The number of nitrogens with zero attached hydrogens (tertiary/aromatic N) is 2. The van der Waals surface area contributed by atoms with Gasteiger partial charge in [0.15, 0.2) is 5.82 Å². The normalized spacial score (nSPS) is 17.2. The van der Waals surface area contributed by atoms with Crippen LogP contribution in [0.25, 0.3) is 0 Å². The van der Waals surface area contributed by atoms with Crippen molar-refractivity contribution in [2.75, 3.05) is 0 Å². The lowest BCUT2D eigenvalue weighted by Gasteiger charge is -2.33. The van der Waals surface area contributed by atoms with E-state index in [1.807, 2.05) is 24.3 Å². The Bertz CT molecular complexity index is 583. The van der Waals surface area contributed by atoms with E-state index in [9.17, 15) is 0 Å². The zero-order valence-electron chi connectivity index (χ0n) is 10.3. The summed E-state index contributed by atoms with van der Waals surface area (Å²) >= 11 is 7.69. The first-order chi connectivity index (χ1) is 9.17. The molecule has 1 aliphatic rings. The van der Waals surface area contributed by atoms with Gasteiger partial charge >= 0.3 is 0 Å². The van der Waals surface area contributed by atoms with Crippen LogP contribution >= 0.6 is 23.4 Å². The Morgan fingerprint density at radius 2 is 2.16 bits per heavy atom. The molecule has 0 radical (unpaired) electrons. The maximum Gasteiger partial charge on any atom is 0.246 e. The molecule has 1 aromatic carbocycles. The Balaban J connectivity index is 1.66. The molecule has 100 valence electrons. The predicted octanol–water partition coefficient (Wildman–Crippen LogP) is 3.35. The Kier molecular flexibility index (Phi) is 3.52. The fourth-order valence-electron chi connectivity index (χ4n) is 1.99. The maximum atomic E-state index is 6.14. The molecule has 4 nitrogen and oxygen atoms in total. The van der Waals surface area contributed by atoms with E-state index >= 15 is 0 Å². The highest BCUT2D eigenvalue weighted by molar-refractivity contribution is 7.98. The van der Waals surface area contributed by atoms with E-state index in [2.05, 4.69) is 10.1 Å². The van der Waals surface area contributed by atoms with Gasteiger partial charge in [0.2, 0.25) is 5.89 Å². The molecule has 0 bridgehead atoms. The van der Waals surface area contributed by atoms with Crippen LogP contribution in [0.4, 0.5) is 0 Å². The summed E-state index contributed by atoms with van der Waals surface area (Å²) in [5.41, 5.74) is 5.76. The number of hydrogen-bond acceptors (Lipinski definition) is 5. The summed E-state index contributed by atoms with van der Waals surface area (Å²) in [4.78, 5) is 5.40. The largest absolute Gasteiger partial charge is 0.337 e. The summed E-state index contributed by atoms with van der Waals surface area (Å²) in [6, 6.07) is 7.71. The third-order valence-electron chi connectivity index (χ3n) is 3.33. The molecular weight excluding hydrogens is 282 g/mol. The van der Waals surface area contributed by atoms with Crippen LogP contribution in [0, 0.1) is 0 Å². The molecule has 1 fully saturated rings. The molecule has 0 saturated heterocycles. The minimum Gasteiger partial charge on any atom is -0.337 e. The molecule has 19 heavy (non-hydrogen) atoms. The lowest BCUT2D eigenvalue weighted by atomic mass is 9.78. The lowest BCUT2D eigenvalue weighted by Crippen LogP contribution is -2.43. The molecule has 1 heterocycles.